The Labute approximate surface area is 113 Å². The van der Waals surface area contributed by atoms with Gasteiger partial charge >= 0.3 is 5.97 Å². The number of hydrogen-bond acceptors (Lipinski definition) is 2. The monoisotopic (exact) mass is 261 g/mol. The van der Waals surface area contributed by atoms with Crippen LogP contribution in [0, 0.1) is 0 Å². The lowest BCUT2D eigenvalue weighted by molar-refractivity contribution is -0.143. The third kappa shape index (κ3) is 2.95. The normalized spacial score (nSPS) is 19.2. The molecule has 1 amide bonds. The standard InChI is InChI=1S/C15H19NO3/c1-2-11-6-8-12(9-7-11)14(17)16-10-4-3-5-13(16)15(18)19/h6-9,13H,2-5,10H2,1H3,(H,18,19)/t13-/m1/s1. The van der Waals surface area contributed by atoms with Crippen molar-refractivity contribution in [3.8, 4) is 0 Å². The van der Waals surface area contributed by atoms with E-state index in [-0.39, 0.29) is 5.91 Å². The van der Waals surface area contributed by atoms with Crippen LogP contribution in [0.5, 0.6) is 0 Å². The number of carbonyl (C=O) groups excluding carboxylic acids is 1. The molecule has 0 unspecified atom stereocenters. The van der Waals surface area contributed by atoms with Crippen LogP contribution in [0.15, 0.2) is 24.3 Å². The van der Waals surface area contributed by atoms with Crippen molar-refractivity contribution in [1.82, 2.24) is 4.90 Å². The minimum atomic E-state index is -0.904. The molecule has 2 rings (SSSR count). The van der Waals surface area contributed by atoms with Gasteiger partial charge in [-0.25, -0.2) is 4.79 Å². The average Bonchev–Trinajstić information content (AvgIpc) is 2.46. The van der Waals surface area contributed by atoms with Crippen molar-refractivity contribution in [2.45, 2.75) is 38.6 Å². The van der Waals surface area contributed by atoms with Crippen LogP contribution < -0.4 is 0 Å². The largest absolute Gasteiger partial charge is 0.480 e. The lowest BCUT2D eigenvalue weighted by Gasteiger charge is -2.33. The van der Waals surface area contributed by atoms with Gasteiger partial charge in [-0.1, -0.05) is 19.1 Å². The van der Waals surface area contributed by atoms with E-state index >= 15 is 0 Å². The maximum atomic E-state index is 12.4. The average molecular weight is 261 g/mol. The summed E-state index contributed by atoms with van der Waals surface area (Å²) in [5.41, 5.74) is 1.75. The second-order valence-corrected chi connectivity index (χ2v) is 4.90. The molecule has 1 aliphatic rings. The quantitative estimate of drug-likeness (QED) is 0.908. The maximum absolute atomic E-state index is 12.4. The molecule has 19 heavy (non-hydrogen) atoms. The Morgan fingerprint density at radius 1 is 1.26 bits per heavy atom. The van der Waals surface area contributed by atoms with Crippen molar-refractivity contribution < 1.29 is 14.7 Å². The van der Waals surface area contributed by atoms with Gasteiger partial charge in [0.15, 0.2) is 0 Å². The van der Waals surface area contributed by atoms with Crippen molar-refractivity contribution in [2.24, 2.45) is 0 Å². The summed E-state index contributed by atoms with van der Waals surface area (Å²) in [6, 6.07) is 6.75. The van der Waals surface area contributed by atoms with Crippen molar-refractivity contribution >= 4 is 11.9 Å². The zero-order chi connectivity index (χ0) is 13.8. The second-order valence-electron chi connectivity index (χ2n) is 4.90. The van der Waals surface area contributed by atoms with Gasteiger partial charge in [0, 0.05) is 12.1 Å². The summed E-state index contributed by atoms with van der Waals surface area (Å²) >= 11 is 0. The first kappa shape index (κ1) is 13.6. The summed E-state index contributed by atoms with van der Waals surface area (Å²) < 4.78 is 0. The molecule has 0 spiro atoms. The van der Waals surface area contributed by atoms with E-state index in [1.807, 2.05) is 12.1 Å². The summed E-state index contributed by atoms with van der Waals surface area (Å²) in [4.78, 5) is 25.1. The number of benzene rings is 1. The van der Waals surface area contributed by atoms with Gasteiger partial charge in [-0.3, -0.25) is 4.79 Å². The minimum absolute atomic E-state index is 0.172. The smallest absolute Gasteiger partial charge is 0.326 e. The molecule has 1 saturated heterocycles. The lowest BCUT2D eigenvalue weighted by atomic mass is 10.0. The van der Waals surface area contributed by atoms with Crippen LogP contribution >= 0.6 is 0 Å². The van der Waals surface area contributed by atoms with Crippen LogP contribution in [-0.4, -0.2) is 34.5 Å². The van der Waals surface area contributed by atoms with Crippen molar-refractivity contribution in [3.63, 3.8) is 0 Å². The molecular formula is C15H19NO3. The number of carboxylic acids is 1. The van der Waals surface area contributed by atoms with Gasteiger partial charge < -0.3 is 10.0 Å². The zero-order valence-corrected chi connectivity index (χ0v) is 11.1. The number of likely N-dealkylation sites (tertiary alicyclic amines) is 1. The van der Waals surface area contributed by atoms with E-state index in [1.54, 1.807) is 12.1 Å². The van der Waals surface area contributed by atoms with Crippen molar-refractivity contribution in [1.29, 1.82) is 0 Å². The number of carboxylic acid groups (broad SMARTS) is 1. The molecule has 1 atom stereocenters. The highest BCUT2D eigenvalue weighted by Crippen LogP contribution is 2.20. The molecule has 1 aliphatic heterocycles. The molecule has 0 radical (unpaired) electrons. The number of hydrogen-bond donors (Lipinski definition) is 1. The van der Waals surface area contributed by atoms with Gasteiger partial charge in [-0.2, -0.15) is 0 Å². The first-order valence-corrected chi connectivity index (χ1v) is 6.76. The number of aryl methyl sites for hydroxylation is 1. The number of amides is 1. The zero-order valence-electron chi connectivity index (χ0n) is 11.1. The lowest BCUT2D eigenvalue weighted by Crippen LogP contribution is -2.47. The van der Waals surface area contributed by atoms with Crippen molar-refractivity contribution in [3.05, 3.63) is 35.4 Å². The number of piperidine rings is 1. The SMILES string of the molecule is CCc1ccc(C(=O)N2CCCC[C@@H]2C(=O)O)cc1. The molecule has 4 nitrogen and oxygen atoms in total. The number of nitrogens with zero attached hydrogens (tertiary/aromatic N) is 1. The molecule has 1 aromatic rings. The van der Waals surface area contributed by atoms with Gasteiger partial charge in [0.05, 0.1) is 0 Å². The topological polar surface area (TPSA) is 57.6 Å². The van der Waals surface area contributed by atoms with E-state index in [9.17, 15) is 14.7 Å². The highest BCUT2D eigenvalue weighted by atomic mass is 16.4. The molecule has 4 heteroatoms. The predicted octanol–water partition coefficient (Wildman–Crippen LogP) is 2.33. The molecule has 0 bridgehead atoms. The fraction of sp³-hybridized carbons (Fsp3) is 0.467. The molecule has 0 aromatic heterocycles. The first-order valence-electron chi connectivity index (χ1n) is 6.76. The highest BCUT2D eigenvalue weighted by Gasteiger charge is 2.32. The molecular weight excluding hydrogens is 242 g/mol. The Kier molecular flexibility index (Phi) is 4.20. The summed E-state index contributed by atoms with van der Waals surface area (Å²) in [6.45, 7) is 2.59. The molecule has 1 aromatic carbocycles. The van der Waals surface area contributed by atoms with E-state index in [0.717, 1.165) is 19.3 Å². The predicted molar refractivity (Wildman–Crippen MR) is 72.1 cm³/mol. The van der Waals surface area contributed by atoms with E-state index in [1.165, 1.54) is 10.5 Å². The first-order chi connectivity index (χ1) is 9.13. The number of carbonyl (C=O) groups is 2. The van der Waals surface area contributed by atoms with Crippen molar-refractivity contribution in [2.75, 3.05) is 6.54 Å². The summed E-state index contributed by atoms with van der Waals surface area (Å²) in [7, 11) is 0. The highest BCUT2D eigenvalue weighted by molar-refractivity contribution is 5.96. The van der Waals surface area contributed by atoms with Crippen LogP contribution in [0.2, 0.25) is 0 Å². The summed E-state index contributed by atoms with van der Waals surface area (Å²) in [6.07, 6.45) is 3.22. The Balaban J connectivity index is 2.18. The summed E-state index contributed by atoms with van der Waals surface area (Å²) in [5, 5.41) is 9.19. The Morgan fingerprint density at radius 2 is 1.95 bits per heavy atom. The Hall–Kier alpha value is -1.84. The molecule has 1 heterocycles. The fourth-order valence-corrected chi connectivity index (χ4v) is 2.48. The Bertz CT molecular complexity index is 467. The summed E-state index contributed by atoms with van der Waals surface area (Å²) in [5.74, 6) is -1.08. The van der Waals surface area contributed by atoms with Gasteiger partial charge in [0.2, 0.25) is 0 Å². The molecule has 1 N–H and O–H groups in total. The fourth-order valence-electron chi connectivity index (χ4n) is 2.48. The van der Waals surface area contributed by atoms with Crippen LogP contribution in [-0.2, 0) is 11.2 Å². The van der Waals surface area contributed by atoms with E-state index < -0.39 is 12.0 Å². The number of rotatable bonds is 3. The number of aliphatic carboxylic acids is 1. The van der Waals surface area contributed by atoms with Crippen LogP contribution in [0.1, 0.15) is 42.1 Å². The van der Waals surface area contributed by atoms with Crippen LogP contribution in [0.3, 0.4) is 0 Å². The van der Waals surface area contributed by atoms with Crippen LogP contribution in [0.4, 0.5) is 0 Å². The van der Waals surface area contributed by atoms with E-state index in [4.69, 9.17) is 0 Å². The Morgan fingerprint density at radius 3 is 2.53 bits per heavy atom. The third-order valence-electron chi connectivity index (χ3n) is 3.66. The second kappa shape index (κ2) is 5.87. The van der Waals surface area contributed by atoms with Crippen LogP contribution in [0.25, 0.3) is 0 Å². The molecule has 0 saturated carbocycles. The third-order valence-corrected chi connectivity index (χ3v) is 3.66. The minimum Gasteiger partial charge on any atom is -0.480 e. The van der Waals surface area contributed by atoms with E-state index in [2.05, 4.69) is 6.92 Å². The van der Waals surface area contributed by atoms with E-state index in [0.29, 0.717) is 18.5 Å². The molecule has 0 aliphatic carbocycles. The molecule has 102 valence electrons. The van der Waals surface area contributed by atoms with Gasteiger partial charge in [0.1, 0.15) is 6.04 Å². The van der Waals surface area contributed by atoms with Gasteiger partial charge in [0.25, 0.3) is 5.91 Å². The maximum Gasteiger partial charge on any atom is 0.326 e. The molecule has 1 fully saturated rings. The van der Waals surface area contributed by atoms with Gasteiger partial charge in [-0.15, -0.1) is 0 Å². The van der Waals surface area contributed by atoms with Gasteiger partial charge in [-0.05, 0) is 43.4 Å².